The molecule has 2 rings (SSSR count). The summed E-state index contributed by atoms with van der Waals surface area (Å²) in [6, 6.07) is 3.57. The third-order valence-electron chi connectivity index (χ3n) is 4.63. The predicted octanol–water partition coefficient (Wildman–Crippen LogP) is 5.03. The van der Waals surface area contributed by atoms with Crippen LogP contribution in [-0.2, 0) is 15.7 Å². The van der Waals surface area contributed by atoms with Gasteiger partial charge in [-0.3, -0.25) is 4.79 Å². The lowest BCUT2D eigenvalue weighted by atomic mass is 9.78. The Morgan fingerprint density at radius 2 is 2.04 bits per heavy atom. The van der Waals surface area contributed by atoms with Crippen LogP contribution < -0.4 is 10.1 Å². The number of nitrogens with one attached hydrogen (secondary N) is 1. The SMILES string of the molecule is CCOc1ccc(NC(=O)[C@@]2(OCC)CCC[C@@H](C)C2)cc1C(F)(F)F. The van der Waals surface area contributed by atoms with Crippen LogP contribution in [0.1, 0.15) is 52.0 Å². The van der Waals surface area contributed by atoms with Crippen LogP contribution in [0.3, 0.4) is 0 Å². The van der Waals surface area contributed by atoms with Crippen molar-refractivity contribution in [1.82, 2.24) is 0 Å². The number of carbonyl (C=O) groups is 1. The molecular weight excluding hydrogens is 347 g/mol. The van der Waals surface area contributed by atoms with Crippen LogP contribution in [0.2, 0.25) is 0 Å². The largest absolute Gasteiger partial charge is 0.493 e. The summed E-state index contributed by atoms with van der Waals surface area (Å²) in [5.41, 5.74) is -1.80. The van der Waals surface area contributed by atoms with E-state index >= 15 is 0 Å². The number of anilines is 1. The molecule has 26 heavy (non-hydrogen) atoms. The number of rotatable bonds is 6. The zero-order chi connectivity index (χ0) is 19.4. The zero-order valence-electron chi connectivity index (χ0n) is 15.4. The Morgan fingerprint density at radius 3 is 2.62 bits per heavy atom. The van der Waals surface area contributed by atoms with Crippen LogP contribution in [0.25, 0.3) is 0 Å². The van der Waals surface area contributed by atoms with Crippen LogP contribution in [0.5, 0.6) is 5.75 Å². The minimum atomic E-state index is -4.57. The maximum absolute atomic E-state index is 13.3. The number of hydrogen-bond acceptors (Lipinski definition) is 3. The number of halogens is 3. The number of hydrogen-bond donors (Lipinski definition) is 1. The highest BCUT2D eigenvalue weighted by atomic mass is 19.4. The van der Waals surface area contributed by atoms with Crippen molar-refractivity contribution >= 4 is 11.6 Å². The quantitative estimate of drug-likeness (QED) is 0.761. The molecule has 0 heterocycles. The van der Waals surface area contributed by atoms with Crippen molar-refractivity contribution in [2.45, 2.75) is 58.2 Å². The minimum absolute atomic E-state index is 0.0862. The van der Waals surface area contributed by atoms with Crippen molar-refractivity contribution in [2.24, 2.45) is 5.92 Å². The van der Waals surface area contributed by atoms with Gasteiger partial charge in [0.25, 0.3) is 5.91 Å². The molecule has 7 heteroatoms. The average molecular weight is 373 g/mol. The summed E-state index contributed by atoms with van der Waals surface area (Å²) < 4.78 is 50.7. The summed E-state index contributed by atoms with van der Waals surface area (Å²) in [4.78, 5) is 12.8. The average Bonchev–Trinajstić information content (AvgIpc) is 2.55. The minimum Gasteiger partial charge on any atom is -0.493 e. The van der Waals surface area contributed by atoms with Crippen molar-refractivity contribution in [1.29, 1.82) is 0 Å². The lowest BCUT2D eigenvalue weighted by Gasteiger charge is -2.38. The molecule has 0 saturated heterocycles. The zero-order valence-corrected chi connectivity index (χ0v) is 15.4. The third-order valence-corrected chi connectivity index (χ3v) is 4.63. The summed E-state index contributed by atoms with van der Waals surface area (Å²) in [6.07, 6.45) is -1.56. The van der Waals surface area contributed by atoms with E-state index in [1.165, 1.54) is 12.1 Å². The molecule has 0 unspecified atom stereocenters. The molecule has 0 radical (unpaired) electrons. The van der Waals surface area contributed by atoms with Crippen LogP contribution in [-0.4, -0.2) is 24.7 Å². The highest BCUT2D eigenvalue weighted by molar-refractivity contribution is 5.97. The van der Waals surface area contributed by atoms with Gasteiger partial charge in [-0.05, 0) is 57.2 Å². The second-order valence-corrected chi connectivity index (χ2v) is 6.72. The molecule has 1 aromatic rings. The molecule has 1 aliphatic carbocycles. The standard InChI is InChI=1S/C19H26F3NO3/c1-4-25-16-9-8-14(11-15(16)19(20,21)22)23-17(24)18(26-5-2)10-6-7-13(3)12-18/h8-9,11,13H,4-7,10,12H2,1-3H3,(H,23,24)/t13-,18-/m1/s1. The number of alkyl halides is 3. The molecule has 0 spiro atoms. The second-order valence-electron chi connectivity index (χ2n) is 6.72. The first kappa shape index (κ1) is 20.6. The van der Waals surface area contributed by atoms with Gasteiger partial charge in [0.15, 0.2) is 0 Å². The van der Waals surface area contributed by atoms with Gasteiger partial charge in [0, 0.05) is 12.3 Å². The Morgan fingerprint density at radius 1 is 1.31 bits per heavy atom. The normalized spacial score (nSPS) is 23.5. The van der Waals surface area contributed by atoms with E-state index in [-0.39, 0.29) is 24.0 Å². The van der Waals surface area contributed by atoms with Gasteiger partial charge in [-0.1, -0.05) is 13.3 Å². The van der Waals surface area contributed by atoms with E-state index in [2.05, 4.69) is 12.2 Å². The van der Waals surface area contributed by atoms with Crippen LogP contribution >= 0.6 is 0 Å². The summed E-state index contributed by atoms with van der Waals surface area (Å²) in [5, 5.41) is 2.62. The molecular formula is C19H26F3NO3. The van der Waals surface area contributed by atoms with E-state index in [1.54, 1.807) is 6.92 Å². The molecule has 1 aliphatic rings. The summed E-state index contributed by atoms with van der Waals surface area (Å²) in [6.45, 7) is 5.98. The topological polar surface area (TPSA) is 47.6 Å². The second kappa shape index (κ2) is 8.29. The monoisotopic (exact) mass is 373 g/mol. The third kappa shape index (κ3) is 4.69. The molecule has 1 amide bonds. The van der Waals surface area contributed by atoms with Crippen LogP contribution in [0.4, 0.5) is 18.9 Å². The van der Waals surface area contributed by atoms with Crippen molar-refractivity contribution in [2.75, 3.05) is 18.5 Å². The van der Waals surface area contributed by atoms with Crippen molar-refractivity contribution in [3.8, 4) is 5.75 Å². The Kier molecular flexibility index (Phi) is 6.55. The summed E-state index contributed by atoms with van der Waals surface area (Å²) >= 11 is 0. The van der Waals surface area contributed by atoms with Crippen molar-refractivity contribution in [3.63, 3.8) is 0 Å². The van der Waals surface area contributed by atoms with Gasteiger partial charge in [-0.15, -0.1) is 0 Å². The predicted molar refractivity (Wildman–Crippen MR) is 93.2 cm³/mol. The fraction of sp³-hybridized carbons (Fsp3) is 0.632. The maximum Gasteiger partial charge on any atom is 0.420 e. The molecule has 1 N–H and O–H groups in total. The first-order chi connectivity index (χ1) is 12.2. The van der Waals surface area contributed by atoms with E-state index in [1.807, 2.05) is 6.92 Å². The number of amides is 1. The van der Waals surface area contributed by atoms with Crippen LogP contribution in [0.15, 0.2) is 18.2 Å². The van der Waals surface area contributed by atoms with E-state index < -0.39 is 17.3 Å². The highest BCUT2D eigenvalue weighted by Crippen LogP contribution is 2.39. The van der Waals surface area contributed by atoms with Crippen molar-refractivity contribution < 1.29 is 27.4 Å². The molecule has 0 aromatic heterocycles. The number of benzene rings is 1. The van der Waals surface area contributed by atoms with E-state index in [4.69, 9.17) is 9.47 Å². The fourth-order valence-corrected chi connectivity index (χ4v) is 3.54. The van der Waals surface area contributed by atoms with E-state index in [0.29, 0.717) is 25.4 Å². The Hall–Kier alpha value is -1.76. The van der Waals surface area contributed by atoms with E-state index in [9.17, 15) is 18.0 Å². The molecule has 2 atom stereocenters. The summed E-state index contributed by atoms with van der Waals surface area (Å²) in [7, 11) is 0. The molecule has 0 bridgehead atoms. The molecule has 1 saturated carbocycles. The van der Waals surface area contributed by atoms with Gasteiger partial charge in [-0.25, -0.2) is 0 Å². The lowest BCUT2D eigenvalue weighted by Crippen LogP contribution is -2.48. The highest BCUT2D eigenvalue weighted by Gasteiger charge is 2.43. The Bertz CT molecular complexity index is 629. The summed E-state index contributed by atoms with van der Waals surface area (Å²) in [5.74, 6) is -0.306. The first-order valence-electron chi connectivity index (χ1n) is 9.01. The number of carbonyl (C=O) groups excluding carboxylic acids is 1. The van der Waals surface area contributed by atoms with Crippen LogP contribution in [0, 0.1) is 5.92 Å². The fourth-order valence-electron chi connectivity index (χ4n) is 3.54. The number of ether oxygens (including phenoxy) is 2. The van der Waals surface area contributed by atoms with Gasteiger partial charge in [0.1, 0.15) is 11.4 Å². The smallest absolute Gasteiger partial charge is 0.420 e. The lowest BCUT2D eigenvalue weighted by molar-refractivity contribution is -0.148. The van der Waals surface area contributed by atoms with Gasteiger partial charge >= 0.3 is 6.18 Å². The Labute approximate surface area is 152 Å². The van der Waals surface area contributed by atoms with Gasteiger partial charge in [0.05, 0.1) is 12.2 Å². The van der Waals surface area contributed by atoms with Gasteiger partial charge < -0.3 is 14.8 Å². The molecule has 0 aliphatic heterocycles. The molecule has 1 fully saturated rings. The first-order valence-corrected chi connectivity index (χ1v) is 9.01. The van der Waals surface area contributed by atoms with Crippen molar-refractivity contribution in [3.05, 3.63) is 23.8 Å². The maximum atomic E-state index is 13.3. The van der Waals surface area contributed by atoms with Gasteiger partial charge in [-0.2, -0.15) is 13.2 Å². The van der Waals surface area contributed by atoms with E-state index in [0.717, 1.165) is 18.9 Å². The molecule has 146 valence electrons. The Balaban J connectivity index is 2.27. The van der Waals surface area contributed by atoms with Gasteiger partial charge in [0.2, 0.25) is 0 Å². The molecule has 4 nitrogen and oxygen atoms in total. The molecule has 1 aromatic carbocycles.